The first-order valence-electron chi connectivity index (χ1n) is 8.98. The number of aryl methyl sites for hydroxylation is 1. The number of nitrogens with two attached hydrogens (primary N) is 1. The smallest absolute Gasteiger partial charge is 0.297 e. The number of hydrogen-bond donors (Lipinski definition) is 1. The van der Waals surface area contributed by atoms with E-state index >= 15 is 0 Å². The number of carbonyl (C=O) groups excluding carboxylic acids is 1. The number of rotatable bonds is 4. The van der Waals surface area contributed by atoms with Gasteiger partial charge in [0.1, 0.15) is 5.82 Å². The molecule has 0 bridgehead atoms. The highest BCUT2D eigenvalue weighted by Gasteiger charge is 2.30. The van der Waals surface area contributed by atoms with Crippen molar-refractivity contribution in [1.29, 1.82) is 0 Å². The summed E-state index contributed by atoms with van der Waals surface area (Å²) in [5.74, 6) is 0.214. The van der Waals surface area contributed by atoms with Crippen LogP contribution in [-0.4, -0.2) is 35.6 Å². The topological polar surface area (TPSA) is 111 Å². The van der Waals surface area contributed by atoms with Crippen molar-refractivity contribution in [3.8, 4) is 5.69 Å². The molecular formula is C19H18ClN5O3S. The zero-order chi connectivity index (χ0) is 20.8. The van der Waals surface area contributed by atoms with Crippen molar-refractivity contribution in [2.75, 3.05) is 11.4 Å². The molecule has 150 valence electrons. The Morgan fingerprint density at radius 2 is 1.97 bits per heavy atom. The Morgan fingerprint density at radius 1 is 1.21 bits per heavy atom. The molecule has 1 amide bonds. The molecule has 2 heterocycles. The summed E-state index contributed by atoms with van der Waals surface area (Å²) in [6.07, 6.45) is 1.16. The van der Waals surface area contributed by atoms with Crippen LogP contribution in [0.2, 0.25) is 5.02 Å². The van der Waals surface area contributed by atoms with Crippen LogP contribution in [0.5, 0.6) is 0 Å². The van der Waals surface area contributed by atoms with Crippen LogP contribution < -0.4 is 10.0 Å². The Labute approximate surface area is 173 Å². The van der Waals surface area contributed by atoms with E-state index < -0.39 is 15.9 Å². The quantitative estimate of drug-likeness (QED) is 0.681. The van der Waals surface area contributed by atoms with Crippen molar-refractivity contribution in [2.45, 2.75) is 24.7 Å². The first-order chi connectivity index (χ1) is 13.8. The molecule has 0 unspecified atom stereocenters. The fourth-order valence-corrected chi connectivity index (χ4v) is 4.10. The summed E-state index contributed by atoms with van der Waals surface area (Å²) in [4.78, 5) is 19.0. The van der Waals surface area contributed by atoms with E-state index in [1.165, 1.54) is 17.0 Å². The monoisotopic (exact) mass is 431 g/mol. The first-order valence-corrected chi connectivity index (χ1v) is 10.9. The summed E-state index contributed by atoms with van der Waals surface area (Å²) >= 11 is 6.28. The van der Waals surface area contributed by atoms with Crippen molar-refractivity contribution in [3.05, 3.63) is 64.7 Å². The molecule has 0 atom stereocenters. The zero-order valence-electron chi connectivity index (χ0n) is 15.5. The van der Waals surface area contributed by atoms with E-state index in [4.69, 9.17) is 16.7 Å². The van der Waals surface area contributed by atoms with Crippen molar-refractivity contribution in [2.24, 2.45) is 5.14 Å². The summed E-state index contributed by atoms with van der Waals surface area (Å²) in [6, 6.07) is 11.7. The fourth-order valence-electron chi connectivity index (χ4n) is 3.35. The van der Waals surface area contributed by atoms with Crippen molar-refractivity contribution < 1.29 is 13.2 Å². The highest BCUT2D eigenvalue weighted by atomic mass is 35.5. The Hall–Kier alpha value is -2.75. The van der Waals surface area contributed by atoms with Crippen LogP contribution in [0.3, 0.4) is 0 Å². The average molecular weight is 432 g/mol. The molecule has 10 heteroatoms. The van der Waals surface area contributed by atoms with Crippen molar-refractivity contribution >= 4 is 33.2 Å². The Kier molecular flexibility index (Phi) is 4.89. The molecule has 1 aliphatic heterocycles. The molecule has 0 saturated carbocycles. The molecule has 0 aliphatic carbocycles. The van der Waals surface area contributed by atoms with Gasteiger partial charge in [0.05, 0.1) is 15.6 Å². The highest BCUT2D eigenvalue weighted by Crippen LogP contribution is 2.31. The van der Waals surface area contributed by atoms with Crippen LogP contribution in [0.1, 0.15) is 28.9 Å². The third-order valence-corrected chi connectivity index (χ3v) is 6.02. The molecule has 1 aromatic heterocycles. The van der Waals surface area contributed by atoms with Gasteiger partial charge in [0.15, 0.2) is 0 Å². The van der Waals surface area contributed by atoms with Gasteiger partial charge in [-0.05, 0) is 36.2 Å². The van der Waals surface area contributed by atoms with Gasteiger partial charge in [-0.1, -0.05) is 36.7 Å². The minimum Gasteiger partial charge on any atom is -0.305 e. The third kappa shape index (κ3) is 3.52. The molecule has 2 N–H and O–H groups in total. The van der Waals surface area contributed by atoms with Crippen LogP contribution in [0.15, 0.2) is 47.4 Å². The summed E-state index contributed by atoms with van der Waals surface area (Å²) in [6.45, 7) is 2.32. The number of halogens is 1. The predicted molar refractivity (Wildman–Crippen MR) is 109 cm³/mol. The molecule has 8 nitrogen and oxygen atoms in total. The van der Waals surface area contributed by atoms with Gasteiger partial charge in [-0.25, -0.2) is 23.2 Å². The lowest BCUT2D eigenvalue weighted by atomic mass is 10.2. The standard InChI is InChI=1S/C19H18ClN5O3S/c1-2-17-22-18(23-25(17)15-6-4-3-5-14(15)20)19(26)24-10-9-12-7-8-13(11-16(12)24)29(21,27)28/h3-8,11H,2,9-10H2,1H3,(H2,21,27,28). The van der Waals surface area contributed by atoms with Crippen molar-refractivity contribution in [1.82, 2.24) is 14.8 Å². The number of aromatic nitrogens is 3. The van der Waals surface area contributed by atoms with Crippen molar-refractivity contribution in [3.63, 3.8) is 0 Å². The second-order valence-electron chi connectivity index (χ2n) is 6.61. The average Bonchev–Trinajstić information content (AvgIpc) is 3.31. The van der Waals surface area contributed by atoms with Crippen LogP contribution >= 0.6 is 11.6 Å². The number of amides is 1. The van der Waals surface area contributed by atoms with Gasteiger partial charge in [0.2, 0.25) is 15.8 Å². The van der Waals surface area contributed by atoms with Gasteiger partial charge in [-0.15, -0.1) is 5.10 Å². The molecular weight excluding hydrogens is 414 g/mol. The minimum absolute atomic E-state index is 0.0237. The van der Waals surface area contributed by atoms with Crippen LogP contribution in [0, 0.1) is 0 Å². The number of carbonyl (C=O) groups is 1. The summed E-state index contributed by atoms with van der Waals surface area (Å²) < 4.78 is 24.9. The van der Waals surface area contributed by atoms with Gasteiger partial charge >= 0.3 is 0 Å². The van der Waals surface area contributed by atoms with E-state index in [0.29, 0.717) is 41.6 Å². The zero-order valence-corrected chi connectivity index (χ0v) is 17.1. The predicted octanol–water partition coefficient (Wildman–Crippen LogP) is 2.33. The number of anilines is 1. The van der Waals surface area contributed by atoms with Crippen LogP contribution in [0.25, 0.3) is 5.69 Å². The molecule has 3 aromatic rings. The molecule has 0 spiro atoms. The van der Waals surface area contributed by atoms with Crippen LogP contribution in [0.4, 0.5) is 5.69 Å². The highest BCUT2D eigenvalue weighted by molar-refractivity contribution is 7.89. The number of para-hydroxylation sites is 1. The lowest BCUT2D eigenvalue weighted by Crippen LogP contribution is -2.30. The van der Waals surface area contributed by atoms with E-state index in [2.05, 4.69) is 10.1 Å². The SMILES string of the molecule is CCc1nc(C(=O)N2CCc3ccc(S(N)(=O)=O)cc32)nn1-c1ccccc1Cl. The van der Waals surface area contributed by atoms with E-state index in [-0.39, 0.29) is 10.7 Å². The van der Waals surface area contributed by atoms with Crippen LogP contribution in [-0.2, 0) is 22.9 Å². The second-order valence-corrected chi connectivity index (χ2v) is 8.58. The maximum Gasteiger partial charge on any atom is 0.297 e. The number of primary sulfonamides is 1. The molecule has 0 radical (unpaired) electrons. The Bertz CT molecular complexity index is 1220. The number of benzene rings is 2. The van der Waals surface area contributed by atoms with E-state index in [0.717, 1.165) is 5.56 Å². The molecule has 2 aromatic carbocycles. The van der Waals surface area contributed by atoms with E-state index in [1.54, 1.807) is 22.9 Å². The molecule has 0 fully saturated rings. The van der Waals surface area contributed by atoms with E-state index in [9.17, 15) is 13.2 Å². The van der Waals surface area contributed by atoms with Gasteiger partial charge in [-0.3, -0.25) is 4.79 Å². The van der Waals surface area contributed by atoms with Gasteiger partial charge in [-0.2, -0.15) is 0 Å². The molecule has 0 saturated heterocycles. The number of hydrogen-bond acceptors (Lipinski definition) is 5. The normalized spacial score (nSPS) is 13.6. The molecule has 29 heavy (non-hydrogen) atoms. The number of fused-ring (bicyclic) bond motifs is 1. The number of sulfonamides is 1. The second kappa shape index (κ2) is 7.25. The maximum atomic E-state index is 13.1. The lowest BCUT2D eigenvalue weighted by Gasteiger charge is -2.16. The molecule has 4 rings (SSSR count). The minimum atomic E-state index is -3.87. The van der Waals surface area contributed by atoms with E-state index in [1.807, 2.05) is 19.1 Å². The maximum absolute atomic E-state index is 13.1. The van der Waals surface area contributed by atoms with Gasteiger partial charge in [0.25, 0.3) is 5.91 Å². The summed E-state index contributed by atoms with van der Waals surface area (Å²) in [7, 11) is -3.87. The Morgan fingerprint density at radius 3 is 2.66 bits per heavy atom. The molecule has 1 aliphatic rings. The summed E-state index contributed by atoms with van der Waals surface area (Å²) in [5.41, 5.74) is 2.01. The number of nitrogens with zero attached hydrogens (tertiary/aromatic N) is 4. The Balaban J connectivity index is 1.74. The van der Waals surface area contributed by atoms with Gasteiger partial charge < -0.3 is 4.90 Å². The first kappa shape index (κ1) is 19.6. The van der Waals surface area contributed by atoms with Gasteiger partial charge in [0, 0.05) is 18.7 Å². The fraction of sp³-hybridized carbons (Fsp3) is 0.211. The third-order valence-electron chi connectivity index (χ3n) is 4.79. The largest absolute Gasteiger partial charge is 0.305 e. The summed E-state index contributed by atoms with van der Waals surface area (Å²) in [5, 5.41) is 10.1. The lowest BCUT2D eigenvalue weighted by molar-refractivity contribution is 0.0979.